The Morgan fingerprint density at radius 3 is 2.29 bits per heavy atom. The van der Waals surface area contributed by atoms with E-state index in [9.17, 15) is 0 Å². The van der Waals surface area contributed by atoms with E-state index in [4.69, 9.17) is 4.43 Å². The van der Waals surface area contributed by atoms with Crippen LogP contribution in [-0.4, -0.2) is 16.9 Å². The first-order valence-electron chi connectivity index (χ1n) is 2.39. The molecule has 42 valence electrons. The van der Waals surface area contributed by atoms with Crippen molar-refractivity contribution in [3.8, 4) is 0 Å². The van der Waals surface area contributed by atoms with Gasteiger partial charge in [0.25, 0.3) is 0 Å². The van der Waals surface area contributed by atoms with Gasteiger partial charge in [-0.25, -0.2) is 0 Å². The second-order valence-corrected chi connectivity index (χ2v) is 3.06. The second kappa shape index (κ2) is 4.09. The Morgan fingerprint density at radius 1 is 1.57 bits per heavy atom. The molecule has 2 heteroatoms. The minimum absolute atomic E-state index is 0.288. The van der Waals surface area contributed by atoms with Crippen LogP contribution in [0, 0.1) is 0 Å². The molecule has 0 aliphatic carbocycles. The Hall–Kier alpha value is -0.0831. The first-order chi connectivity index (χ1) is 3.27. The van der Waals surface area contributed by atoms with Crippen molar-refractivity contribution in [3.05, 3.63) is 11.3 Å². The molecule has 0 saturated heterocycles. The van der Waals surface area contributed by atoms with Crippen LogP contribution in [0.4, 0.5) is 0 Å². The molecule has 0 amide bonds. The fraction of sp³-hybridized carbons (Fsp3) is 0.600. The van der Waals surface area contributed by atoms with E-state index in [-0.39, 0.29) is 9.76 Å². The van der Waals surface area contributed by atoms with Gasteiger partial charge in [-0.15, -0.1) is 0 Å². The monoisotopic (exact) mass is 116 g/mol. The van der Waals surface area contributed by atoms with Gasteiger partial charge in [-0.2, -0.15) is 0 Å². The lowest BCUT2D eigenvalue weighted by atomic mass is 10.4. The Bertz CT molecular complexity index is 64.5. The van der Waals surface area contributed by atoms with E-state index < -0.39 is 0 Å². The van der Waals surface area contributed by atoms with Gasteiger partial charge in [-0.1, -0.05) is 11.3 Å². The molecule has 0 heterocycles. The molecule has 0 aromatic carbocycles. The Balaban J connectivity index is 3.08. The van der Waals surface area contributed by atoms with Crippen LogP contribution in [-0.2, 0) is 4.43 Å². The predicted octanol–water partition coefficient (Wildman–Crippen LogP) is 0.640. The number of rotatable bonds is 2. The maximum atomic E-state index is 4.92. The summed E-state index contributed by atoms with van der Waals surface area (Å²) in [6, 6.07) is 0. The minimum Gasteiger partial charge on any atom is -0.422 e. The van der Waals surface area contributed by atoms with E-state index in [1.807, 2.05) is 0 Å². The van der Waals surface area contributed by atoms with Crippen LogP contribution in [0.1, 0.15) is 13.8 Å². The van der Waals surface area contributed by atoms with Crippen molar-refractivity contribution in [2.24, 2.45) is 0 Å². The molecule has 0 aliphatic rings. The van der Waals surface area contributed by atoms with Crippen molar-refractivity contribution in [2.75, 3.05) is 7.11 Å². The Kier molecular flexibility index (Phi) is 4.04. The molecule has 0 aromatic rings. The summed E-state index contributed by atoms with van der Waals surface area (Å²) >= 11 is 0. The van der Waals surface area contributed by atoms with Gasteiger partial charge in [0.1, 0.15) is 0 Å². The lowest BCUT2D eigenvalue weighted by Gasteiger charge is -1.86. The van der Waals surface area contributed by atoms with Gasteiger partial charge in [0.2, 0.25) is 0 Å². The molecule has 0 unspecified atom stereocenters. The first-order valence-corrected chi connectivity index (χ1v) is 3.79. The summed E-state index contributed by atoms with van der Waals surface area (Å²) in [5, 5.41) is 0. The molecule has 1 nitrogen and oxygen atoms in total. The molecule has 7 heavy (non-hydrogen) atoms. The smallest absolute Gasteiger partial charge is 0.184 e. The van der Waals surface area contributed by atoms with E-state index in [2.05, 4.69) is 19.5 Å². The molecule has 0 spiro atoms. The summed E-state index contributed by atoms with van der Waals surface area (Å²) in [5.74, 6) is 0. The summed E-state index contributed by atoms with van der Waals surface area (Å²) in [7, 11) is 1.47. The summed E-state index contributed by atoms with van der Waals surface area (Å²) in [6.07, 6.45) is 0. The lowest BCUT2D eigenvalue weighted by Crippen LogP contribution is -1.87. The van der Waals surface area contributed by atoms with Gasteiger partial charge in [0.05, 0.1) is 0 Å². The molecule has 0 radical (unpaired) electrons. The van der Waals surface area contributed by atoms with Crippen molar-refractivity contribution in [1.29, 1.82) is 0 Å². The highest BCUT2D eigenvalue weighted by Gasteiger charge is 1.74. The predicted molar refractivity (Wildman–Crippen MR) is 35.0 cm³/mol. The van der Waals surface area contributed by atoms with Gasteiger partial charge in [-0.3, -0.25) is 0 Å². The fourth-order valence-corrected chi connectivity index (χ4v) is 0.750. The molecule has 0 bridgehead atoms. The fourth-order valence-electron chi connectivity index (χ4n) is 0.250. The van der Waals surface area contributed by atoms with Crippen LogP contribution < -0.4 is 0 Å². The SMILES string of the molecule is CO[SiH2]C=C(C)C. The Labute approximate surface area is 47.3 Å². The van der Waals surface area contributed by atoms with Gasteiger partial charge >= 0.3 is 0 Å². The zero-order valence-electron chi connectivity index (χ0n) is 5.19. The molecule has 0 fully saturated rings. The molecule has 0 atom stereocenters. The first kappa shape index (κ1) is 6.92. The van der Waals surface area contributed by atoms with Crippen molar-refractivity contribution in [2.45, 2.75) is 13.8 Å². The molecule has 0 N–H and O–H groups in total. The van der Waals surface area contributed by atoms with E-state index in [1.54, 1.807) is 7.11 Å². The number of allylic oxidation sites excluding steroid dienone is 1. The third kappa shape index (κ3) is 5.92. The van der Waals surface area contributed by atoms with E-state index >= 15 is 0 Å². The highest BCUT2D eigenvalue weighted by atomic mass is 28.2. The minimum atomic E-state index is -0.288. The molecular weight excluding hydrogens is 104 g/mol. The summed E-state index contributed by atoms with van der Waals surface area (Å²) in [4.78, 5) is 0. The largest absolute Gasteiger partial charge is 0.422 e. The van der Waals surface area contributed by atoms with E-state index in [0.29, 0.717) is 0 Å². The van der Waals surface area contributed by atoms with Crippen LogP contribution in [0.15, 0.2) is 11.3 Å². The zero-order valence-corrected chi connectivity index (χ0v) is 6.61. The molecule has 0 aromatic heterocycles. The average molecular weight is 116 g/mol. The maximum absolute atomic E-state index is 4.92. The van der Waals surface area contributed by atoms with Crippen LogP contribution in [0.2, 0.25) is 0 Å². The van der Waals surface area contributed by atoms with Gasteiger partial charge in [0.15, 0.2) is 9.76 Å². The lowest BCUT2D eigenvalue weighted by molar-refractivity contribution is 0.449. The molecule has 0 rings (SSSR count). The molecule has 0 aliphatic heterocycles. The summed E-state index contributed by atoms with van der Waals surface area (Å²) < 4.78 is 4.92. The third-order valence-electron chi connectivity index (χ3n) is 0.658. The van der Waals surface area contributed by atoms with E-state index in [0.717, 1.165) is 0 Å². The Morgan fingerprint density at radius 2 is 2.14 bits per heavy atom. The van der Waals surface area contributed by atoms with Crippen LogP contribution >= 0.6 is 0 Å². The normalized spacial score (nSPS) is 10.1. The summed E-state index contributed by atoms with van der Waals surface area (Å²) in [6.45, 7) is 4.18. The average Bonchev–Trinajstić information content (AvgIpc) is 1.61. The topological polar surface area (TPSA) is 9.23 Å². The van der Waals surface area contributed by atoms with Crippen molar-refractivity contribution >= 4 is 9.76 Å². The van der Waals surface area contributed by atoms with Crippen molar-refractivity contribution in [1.82, 2.24) is 0 Å². The van der Waals surface area contributed by atoms with Crippen LogP contribution in [0.5, 0.6) is 0 Å². The number of hydrogen-bond donors (Lipinski definition) is 0. The van der Waals surface area contributed by atoms with Gasteiger partial charge in [0, 0.05) is 7.11 Å². The van der Waals surface area contributed by atoms with Gasteiger partial charge < -0.3 is 4.43 Å². The van der Waals surface area contributed by atoms with Crippen LogP contribution in [0.3, 0.4) is 0 Å². The van der Waals surface area contributed by atoms with Crippen molar-refractivity contribution in [3.63, 3.8) is 0 Å². The zero-order chi connectivity index (χ0) is 5.70. The second-order valence-electron chi connectivity index (χ2n) is 1.74. The maximum Gasteiger partial charge on any atom is 0.184 e. The molecular formula is C5H12OSi. The number of hydrogen-bond acceptors (Lipinski definition) is 1. The van der Waals surface area contributed by atoms with E-state index in [1.165, 1.54) is 5.57 Å². The highest BCUT2D eigenvalue weighted by molar-refractivity contribution is 6.34. The van der Waals surface area contributed by atoms with Crippen LogP contribution in [0.25, 0.3) is 0 Å². The third-order valence-corrected chi connectivity index (χ3v) is 1.97. The quantitative estimate of drug-likeness (QED) is 0.481. The highest BCUT2D eigenvalue weighted by Crippen LogP contribution is 1.84. The molecule has 0 saturated carbocycles. The summed E-state index contributed by atoms with van der Waals surface area (Å²) in [5.41, 5.74) is 3.55. The standard InChI is InChI=1S/C5H12OSi/c1-5(2)4-7-6-3/h4H,7H2,1-3H3. The van der Waals surface area contributed by atoms with Gasteiger partial charge in [-0.05, 0) is 13.8 Å². The van der Waals surface area contributed by atoms with Crippen molar-refractivity contribution < 1.29 is 4.43 Å².